The summed E-state index contributed by atoms with van der Waals surface area (Å²) in [5.41, 5.74) is 1.60. The van der Waals surface area contributed by atoms with Crippen LogP contribution < -0.4 is 5.32 Å². The van der Waals surface area contributed by atoms with Crippen molar-refractivity contribution in [3.8, 4) is 0 Å². The van der Waals surface area contributed by atoms with E-state index in [1.54, 1.807) is 31.0 Å². The lowest BCUT2D eigenvalue weighted by atomic mass is 10.3. The van der Waals surface area contributed by atoms with E-state index in [9.17, 15) is 8.42 Å². The van der Waals surface area contributed by atoms with Crippen molar-refractivity contribution in [2.45, 2.75) is 28.5 Å². The third kappa shape index (κ3) is 5.07. The van der Waals surface area contributed by atoms with Gasteiger partial charge in [0.25, 0.3) is 0 Å². The molecule has 0 amide bonds. The summed E-state index contributed by atoms with van der Waals surface area (Å²) in [5.74, 6) is 1.48. The Morgan fingerprint density at radius 3 is 2.84 bits per heavy atom. The lowest BCUT2D eigenvalue weighted by Gasteiger charge is -2.26. The Balaban J connectivity index is 1.51. The Morgan fingerprint density at radius 2 is 2.09 bits per heavy atom. The minimum Gasteiger partial charge on any atom is -0.383 e. The first-order valence-corrected chi connectivity index (χ1v) is 13.5. The molecule has 0 saturated carbocycles. The van der Waals surface area contributed by atoms with Crippen molar-refractivity contribution < 1.29 is 17.9 Å². The van der Waals surface area contributed by atoms with Crippen LogP contribution in [0.4, 0.5) is 5.13 Å². The van der Waals surface area contributed by atoms with Crippen molar-refractivity contribution in [2.24, 2.45) is 0 Å². The number of rotatable bonds is 10. The molecule has 13 heteroatoms. The fraction of sp³-hybridized carbons (Fsp3) is 0.526. The first-order chi connectivity index (χ1) is 15.5. The van der Waals surface area contributed by atoms with E-state index in [2.05, 4.69) is 27.0 Å². The molecule has 0 spiro atoms. The summed E-state index contributed by atoms with van der Waals surface area (Å²) in [4.78, 5) is 5.01. The van der Waals surface area contributed by atoms with Crippen LogP contribution in [-0.2, 0) is 31.8 Å². The topological polar surface area (TPSA) is 111 Å². The monoisotopic (exact) mass is 498 g/mol. The molecule has 1 aliphatic rings. The van der Waals surface area contributed by atoms with Gasteiger partial charge in [0.05, 0.1) is 41.5 Å². The summed E-state index contributed by atoms with van der Waals surface area (Å²) >= 11 is 3.05. The number of morpholine rings is 1. The number of sulfonamides is 1. The maximum atomic E-state index is 13.0. The number of aryl methyl sites for hydroxylation is 1. The quantitative estimate of drug-likeness (QED) is 0.332. The Kier molecular flexibility index (Phi) is 7.63. The molecule has 0 unspecified atom stereocenters. The van der Waals surface area contributed by atoms with E-state index >= 15 is 0 Å². The van der Waals surface area contributed by atoms with Crippen LogP contribution in [0.15, 0.2) is 27.4 Å². The van der Waals surface area contributed by atoms with E-state index in [0.717, 1.165) is 27.4 Å². The molecule has 1 saturated heterocycles. The number of methoxy groups -OCH3 is 1. The largest absolute Gasteiger partial charge is 0.383 e. The third-order valence-electron chi connectivity index (χ3n) is 5.04. The van der Waals surface area contributed by atoms with E-state index in [1.165, 1.54) is 15.6 Å². The van der Waals surface area contributed by atoms with Crippen LogP contribution in [0.2, 0.25) is 0 Å². The van der Waals surface area contributed by atoms with Gasteiger partial charge in [0.2, 0.25) is 15.2 Å². The van der Waals surface area contributed by atoms with Crippen molar-refractivity contribution in [3.05, 3.63) is 24.0 Å². The number of thioether (sulfide) groups is 1. The predicted octanol–water partition coefficient (Wildman–Crippen LogP) is 2.28. The molecule has 4 rings (SSSR count). The average molecular weight is 499 g/mol. The van der Waals surface area contributed by atoms with Crippen molar-refractivity contribution in [3.63, 3.8) is 0 Å². The van der Waals surface area contributed by atoms with Gasteiger partial charge < -0.3 is 19.4 Å². The van der Waals surface area contributed by atoms with E-state index < -0.39 is 10.0 Å². The van der Waals surface area contributed by atoms with E-state index in [0.29, 0.717) is 50.7 Å². The number of imidazole rings is 1. The van der Waals surface area contributed by atoms with Gasteiger partial charge in [0.15, 0.2) is 4.34 Å². The van der Waals surface area contributed by atoms with Crippen LogP contribution in [0.5, 0.6) is 0 Å². The van der Waals surface area contributed by atoms with Gasteiger partial charge in [-0.3, -0.25) is 0 Å². The van der Waals surface area contributed by atoms with Crippen LogP contribution in [0.3, 0.4) is 0 Å². The third-order valence-corrected chi connectivity index (χ3v) is 8.94. The number of nitrogens with one attached hydrogen (secondary N) is 1. The Labute approximate surface area is 195 Å². The molecule has 0 atom stereocenters. The van der Waals surface area contributed by atoms with Crippen molar-refractivity contribution >= 4 is 49.3 Å². The molecule has 1 aliphatic heterocycles. The molecule has 0 radical (unpaired) electrons. The zero-order valence-corrected chi connectivity index (χ0v) is 20.4. The molecule has 174 valence electrons. The van der Waals surface area contributed by atoms with Crippen LogP contribution in [0.25, 0.3) is 11.0 Å². The van der Waals surface area contributed by atoms with Crippen LogP contribution in [-0.4, -0.2) is 79.0 Å². The standard InChI is InChI=1S/C19H26N6O4S3/c1-3-25-16-5-4-14(32(26,27)24-7-10-29-11-8-24)12-15(16)21-17(25)13-30-19-23-22-18(31-19)20-6-9-28-2/h4-5,12H,3,6-11,13H2,1-2H3,(H,20,22). The van der Waals surface area contributed by atoms with Crippen LogP contribution in [0.1, 0.15) is 12.7 Å². The number of benzene rings is 1. The lowest BCUT2D eigenvalue weighted by molar-refractivity contribution is 0.0730. The van der Waals surface area contributed by atoms with Gasteiger partial charge in [0.1, 0.15) is 5.82 Å². The minimum absolute atomic E-state index is 0.266. The van der Waals surface area contributed by atoms with Gasteiger partial charge in [-0.1, -0.05) is 23.1 Å². The smallest absolute Gasteiger partial charge is 0.243 e. The van der Waals surface area contributed by atoms with Crippen molar-refractivity contribution in [1.29, 1.82) is 0 Å². The number of hydrogen-bond acceptors (Lipinski definition) is 10. The highest BCUT2D eigenvalue weighted by atomic mass is 32.2. The Morgan fingerprint density at radius 1 is 1.28 bits per heavy atom. The van der Waals surface area contributed by atoms with Gasteiger partial charge in [0, 0.05) is 33.3 Å². The SMILES string of the molecule is CCn1c(CSc2nnc(NCCOC)s2)nc2cc(S(=O)(=O)N3CCOCC3)ccc21. The van der Waals surface area contributed by atoms with Gasteiger partial charge >= 0.3 is 0 Å². The maximum Gasteiger partial charge on any atom is 0.243 e. The zero-order valence-electron chi connectivity index (χ0n) is 18.0. The lowest BCUT2D eigenvalue weighted by Crippen LogP contribution is -2.40. The molecule has 1 fully saturated rings. The summed E-state index contributed by atoms with van der Waals surface area (Å²) in [5, 5.41) is 12.3. The molecule has 0 bridgehead atoms. The number of nitrogens with zero attached hydrogens (tertiary/aromatic N) is 5. The Hall–Kier alpha value is -1.77. The van der Waals surface area contributed by atoms with E-state index in [1.807, 2.05) is 6.07 Å². The van der Waals surface area contributed by atoms with Crippen molar-refractivity contribution in [2.75, 3.05) is 51.9 Å². The van der Waals surface area contributed by atoms with E-state index in [4.69, 9.17) is 14.5 Å². The first kappa shape index (κ1) is 23.4. The molecule has 32 heavy (non-hydrogen) atoms. The molecule has 2 aromatic heterocycles. The maximum absolute atomic E-state index is 13.0. The molecule has 1 aromatic carbocycles. The normalized spacial score (nSPS) is 15.4. The fourth-order valence-electron chi connectivity index (χ4n) is 3.44. The number of anilines is 1. The molecular formula is C19H26N6O4S3. The van der Waals surface area contributed by atoms with Crippen LogP contribution >= 0.6 is 23.1 Å². The summed E-state index contributed by atoms with van der Waals surface area (Å²) in [7, 11) is -1.90. The highest BCUT2D eigenvalue weighted by molar-refractivity contribution is 8.00. The fourth-order valence-corrected chi connectivity index (χ4v) is 6.60. The molecule has 3 heterocycles. The second-order valence-electron chi connectivity index (χ2n) is 7.02. The van der Waals surface area contributed by atoms with Gasteiger partial charge in [-0.2, -0.15) is 4.31 Å². The summed E-state index contributed by atoms with van der Waals surface area (Å²) in [6.45, 7) is 5.65. The second kappa shape index (κ2) is 10.4. The predicted molar refractivity (Wildman–Crippen MR) is 125 cm³/mol. The second-order valence-corrected chi connectivity index (χ2v) is 11.2. The number of fused-ring (bicyclic) bond motifs is 1. The molecule has 0 aliphatic carbocycles. The Bertz CT molecular complexity index is 1160. The summed E-state index contributed by atoms with van der Waals surface area (Å²) in [6, 6.07) is 5.18. The van der Waals surface area contributed by atoms with Gasteiger partial charge in [-0.05, 0) is 25.1 Å². The highest BCUT2D eigenvalue weighted by Crippen LogP contribution is 2.30. The molecule has 3 aromatic rings. The highest BCUT2D eigenvalue weighted by Gasteiger charge is 2.27. The van der Waals surface area contributed by atoms with Crippen molar-refractivity contribution in [1.82, 2.24) is 24.1 Å². The minimum atomic E-state index is -3.56. The number of aromatic nitrogens is 4. The molecular weight excluding hydrogens is 472 g/mol. The zero-order chi connectivity index (χ0) is 22.6. The summed E-state index contributed by atoms with van der Waals surface area (Å²) < 4.78 is 40.7. The van der Waals surface area contributed by atoms with Gasteiger partial charge in [-0.15, -0.1) is 10.2 Å². The van der Waals surface area contributed by atoms with Gasteiger partial charge in [-0.25, -0.2) is 13.4 Å². The molecule has 1 N–H and O–H groups in total. The summed E-state index contributed by atoms with van der Waals surface area (Å²) in [6.07, 6.45) is 0. The first-order valence-electron chi connectivity index (χ1n) is 10.3. The average Bonchev–Trinajstić information content (AvgIpc) is 3.41. The molecule has 10 nitrogen and oxygen atoms in total. The van der Waals surface area contributed by atoms with E-state index in [-0.39, 0.29) is 4.90 Å². The number of hydrogen-bond donors (Lipinski definition) is 1. The van der Waals surface area contributed by atoms with Crippen LogP contribution in [0, 0.1) is 0 Å². The number of ether oxygens (including phenoxy) is 2.